The van der Waals surface area contributed by atoms with Crippen LogP contribution < -0.4 is 16.6 Å². The lowest BCUT2D eigenvalue weighted by molar-refractivity contribution is -0.0432. The van der Waals surface area contributed by atoms with E-state index in [-0.39, 0.29) is 35.9 Å². The van der Waals surface area contributed by atoms with Gasteiger partial charge in [0.15, 0.2) is 16.9 Å². The first kappa shape index (κ1) is 22.6. The number of fused-ring (bicyclic) bond motifs is 3. The molecule has 0 spiro atoms. The molecular weight excluding hydrogens is 488 g/mol. The van der Waals surface area contributed by atoms with Crippen molar-refractivity contribution >= 4 is 45.0 Å². The van der Waals surface area contributed by atoms with E-state index >= 15 is 0 Å². The van der Waals surface area contributed by atoms with Crippen LogP contribution in [0.1, 0.15) is 28.6 Å². The number of aliphatic hydroxyl groups excluding tert-OH is 2. The lowest BCUT2D eigenvalue weighted by Gasteiger charge is -2.22. The van der Waals surface area contributed by atoms with Gasteiger partial charge in [-0.15, -0.1) is 0 Å². The summed E-state index contributed by atoms with van der Waals surface area (Å²) in [5, 5.41) is 24.2. The summed E-state index contributed by atoms with van der Waals surface area (Å²) in [5.41, 5.74) is 10.2. The van der Waals surface area contributed by atoms with Crippen molar-refractivity contribution in [2.24, 2.45) is 0 Å². The fourth-order valence-electron chi connectivity index (χ4n) is 5.45. The maximum atomic E-state index is 13.2. The van der Waals surface area contributed by atoms with Gasteiger partial charge in [0.25, 0.3) is 5.56 Å². The number of nitrogens with two attached hydrogens (primary N) is 1. The van der Waals surface area contributed by atoms with E-state index in [1.807, 2.05) is 30.3 Å². The highest BCUT2D eigenvalue weighted by Gasteiger charge is 2.35. The number of benzene rings is 3. The molecule has 3 aromatic carbocycles. The molecule has 6 N–H and O–H groups in total. The molecule has 0 amide bonds. The van der Waals surface area contributed by atoms with Gasteiger partial charge < -0.3 is 26.0 Å². The Morgan fingerprint density at radius 2 is 1.89 bits per heavy atom. The number of nitrogens with one attached hydrogen (secondary N) is 2. The summed E-state index contributed by atoms with van der Waals surface area (Å²) >= 11 is 0. The zero-order chi connectivity index (χ0) is 26.1. The first-order chi connectivity index (χ1) is 18.4. The van der Waals surface area contributed by atoms with Gasteiger partial charge in [-0.1, -0.05) is 42.5 Å². The quantitative estimate of drug-likeness (QED) is 0.224. The number of H-pyrrole nitrogens is 1. The normalized spacial score (nSPS) is 20.3. The smallest absolute Gasteiger partial charge is 0.280 e. The fraction of sp³-hybridized carbons (Fsp3) is 0.185. The Morgan fingerprint density at radius 1 is 1.11 bits per heavy atom. The largest absolute Gasteiger partial charge is 0.397 e. The molecule has 5 aromatic rings. The van der Waals surface area contributed by atoms with Crippen LogP contribution in [0.4, 0.5) is 17.3 Å². The van der Waals surface area contributed by atoms with Gasteiger partial charge in [-0.25, -0.2) is 4.98 Å². The second-order valence-corrected chi connectivity index (χ2v) is 9.47. The van der Waals surface area contributed by atoms with Crippen LogP contribution in [0.3, 0.4) is 0 Å². The maximum Gasteiger partial charge on any atom is 0.280 e. The van der Waals surface area contributed by atoms with Crippen LogP contribution >= 0.6 is 0 Å². The summed E-state index contributed by atoms with van der Waals surface area (Å²) in [6, 6.07) is 14.7. The number of aliphatic hydroxyl groups is 2. The summed E-state index contributed by atoms with van der Waals surface area (Å²) in [6.45, 7) is -0.328. The van der Waals surface area contributed by atoms with Gasteiger partial charge in [-0.05, 0) is 17.2 Å². The molecule has 0 radical (unpaired) electrons. The zero-order valence-corrected chi connectivity index (χ0v) is 19.9. The Labute approximate surface area is 214 Å². The van der Waals surface area contributed by atoms with E-state index < -0.39 is 24.0 Å². The molecule has 1 fully saturated rings. The van der Waals surface area contributed by atoms with Crippen molar-refractivity contribution in [3.63, 3.8) is 0 Å². The van der Waals surface area contributed by atoms with E-state index in [2.05, 4.69) is 20.3 Å². The molecule has 0 bridgehead atoms. The van der Waals surface area contributed by atoms with E-state index in [0.29, 0.717) is 27.9 Å². The number of nitrogen functional groups attached to an aromatic ring is 1. The molecule has 190 valence electrons. The number of ketones is 1. The van der Waals surface area contributed by atoms with Crippen LogP contribution in [-0.4, -0.2) is 54.3 Å². The molecule has 1 aliphatic heterocycles. The summed E-state index contributed by atoms with van der Waals surface area (Å²) in [5.74, 6) is 0.0854. The van der Waals surface area contributed by atoms with Crippen molar-refractivity contribution in [1.82, 2.24) is 19.5 Å². The van der Waals surface area contributed by atoms with Crippen LogP contribution in [-0.2, 0) is 4.74 Å². The van der Waals surface area contributed by atoms with Crippen LogP contribution in [0.2, 0.25) is 0 Å². The van der Waals surface area contributed by atoms with Crippen molar-refractivity contribution < 1.29 is 19.7 Å². The topological polar surface area (TPSA) is 168 Å². The van der Waals surface area contributed by atoms with Gasteiger partial charge in [-0.2, -0.15) is 4.98 Å². The number of hydrogen-bond donors (Lipinski definition) is 5. The first-order valence-corrected chi connectivity index (χ1v) is 12.1. The molecule has 0 saturated carbocycles. The SMILES string of the molecule is Nc1c(Nc2nc3c(ncn3[C@H]3C[C@H](O)[C@@H](CO)O3)c(=O)[nH]2)cc2c3c(cccc13)C(=O)c1ccccc1-2. The minimum atomic E-state index is -0.851. The Balaban J connectivity index is 1.35. The molecule has 2 aliphatic rings. The number of carbonyl (C=O) groups excluding carboxylic acids is 1. The summed E-state index contributed by atoms with van der Waals surface area (Å²) < 4.78 is 7.30. The number of carbonyl (C=O) groups is 1. The summed E-state index contributed by atoms with van der Waals surface area (Å²) in [7, 11) is 0. The van der Waals surface area contributed by atoms with Crippen LogP contribution in [0.25, 0.3) is 33.1 Å². The van der Waals surface area contributed by atoms with E-state index in [4.69, 9.17) is 10.5 Å². The van der Waals surface area contributed by atoms with E-state index in [0.717, 1.165) is 16.5 Å². The number of anilines is 3. The van der Waals surface area contributed by atoms with Gasteiger partial charge in [0.1, 0.15) is 12.3 Å². The lowest BCUT2D eigenvalue weighted by atomic mass is 9.82. The Bertz CT molecular complexity index is 1840. The van der Waals surface area contributed by atoms with E-state index in [1.165, 1.54) is 6.33 Å². The van der Waals surface area contributed by atoms with Crippen LogP contribution in [0, 0.1) is 0 Å². The summed E-state index contributed by atoms with van der Waals surface area (Å²) in [6.07, 6.45) is -0.577. The van der Waals surface area contributed by atoms with Crippen molar-refractivity contribution in [3.05, 3.63) is 76.3 Å². The molecule has 1 aliphatic carbocycles. The number of ether oxygens (including phenoxy) is 1. The number of aromatic nitrogens is 4. The zero-order valence-electron chi connectivity index (χ0n) is 19.9. The highest BCUT2D eigenvalue weighted by Crippen LogP contribution is 2.44. The second kappa shape index (κ2) is 8.21. The van der Waals surface area contributed by atoms with Gasteiger partial charge >= 0.3 is 0 Å². The average Bonchev–Trinajstić information content (AvgIpc) is 3.52. The molecule has 3 heterocycles. The van der Waals surface area contributed by atoms with Gasteiger partial charge in [0.2, 0.25) is 5.95 Å². The number of hydrogen-bond acceptors (Lipinski definition) is 9. The van der Waals surface area contributed by atoms with Gasteiger partial charge in [0, 0.05) is 28.3 Å². The molecule has 0 unspecified atom stereocenters. The average molecular weight is 511 g/mol. The van der Waals surface area contributed by atoms with E-state index in [9.17, 15) is 19.8 Å². The third kappa shape index (κ3) is 3.19. The fourth-order valence-corrected chi connectivity index (χ4v) is 5.45. The Hall–Kier alpha value is -4.58. The second-order valence-electron chi connectivity index (χ2n) is 9.47. The minimum absolute atomic E-state index is 0.0498. The molecule has 7 rings (SSSR count). The maximum absolute atomic E-state index is 13.2. The molecule has 3 atom stereocenters. The van der Waals surface area contributed by atoms with Gasteiger partial charge in [0.05, 0.1) is 30.4 Å². The third-order valence-corrected chi connectivity index (χ3v) is 7.29. The molecule has 11 nitrogen and oxygen atoms in total. The molecule has 38 heavy (non-hydrogen) atoms. The standard InChI is InChI=1S/C27H22N6O5/c28-22-14-6-3-7-15-21(14)16(12-4-1-2-5-13(12)24(15)36)8-17(22)30-27-31-25-23(26(37)32-27)29-11-33(25)20-9-18(35)19(10-34)38-20/h1-8,11,18-20,34-35H,9-10,28H2,(H2,30,31,32,37)/t18-,19+,20+/m0/s1. The Morgan fingerprint density at radius 3 is 2.68 bits per heavy atom. The monoisotopic (exact) mass is 510 g/mol. The molecular formula is C27H22N6O5. The third-order valence-electron chi connectivity index (χ3n) is 7.29. The first-order valence-electron chi connectivity index (χ1n) is 12.1. The summed E-state index contributed by atoms with van der Waals surface area (Å²) in [4.78, 5) is 37.5. The number of aromatic amines is 1. The number of rotatable bonds is 4. The lowest BCUT2D eigenvalue weighted by Crippen LogP contribution is -2.24. The predicted octanol–water partition coefficient (Wildman–Crippen LogP) is 2.45. The number of imidazole rings is 1. The van der Waals surface area contributed by atoms with Crippen LogP contribution in [0.15, 0.2) is 59.7 Å². The van der Waals surface area contributed by atoms with Crippen molar-refractivity contribution in [2.45, 2.75) is 24.9 Å². The van der Waals surface area contributed by atoms with E-state index in [1.54, 1.807) is 22.8 Å². The van der Waals surface area contributed by atoms with Crippen LogP contribution in [0.5, 0.6) is 0 Å². The van der Waals surface area contributed by atoms with Gasteiger partial charge in [-0.3, -0.25) is 19.1 Å². The molecule has 11 heteroatoms. The van der Waals surface area contributed by atoms with Crippen molar-refractivity contribution in [2.75, 3.05) is 17.7 Å². The predicted molar refractivity (Wildman–Crippen MR) is 140 cm³/mol. The molecule has 2 aromatic heterocycles. The molecule has 1 saturated heterocycles. The highest BCUT2D eigenvalue weighted by molar-refractivity contribution is 6.28. The highest BCUT2D eigenvalue weighted by atomic mass is 16.5. The Kier molecular flexibility index (Phi) is 4.89. The number of nitrogens with zero attached hydrogens (tertiary/aromatic N) is 3. The van der Waals surface area contributed by atoms with Crippen molar-refractivity contribution in [1.29, 1.82) is 0 Å². The minimum Gasteiger partial charge on any atom is -0.397 e. The van der Waals surface area contributed by atoms with Crippen molar-refractivity contribution in [3.8, 4) is 11.1 Å².